The number of allylic oxidation sites excluding steroid dienone is 1. The van der Waals surface area contributed by atoms with Gasteiger partial charge < -0.3 is 9.88 Å². The van der Waals surface area contributed by atoms with E-state index in [1.165, 1.54) is 11.4 Å². The zero-order valence-electron chi connectivity index (χ0n) is 10.3. The van der Waals surface area contributed by atoms with Crippen LogP contribution < -0.4 is 5.32 Å². The molecule has 0 aromatic carbocycles. The molecule has 2 nitrogen and oxygen atoms in total. The van der Waals surface area contributed by atoms with Crippen LogP contribution in [0.5, 0.6) is 0 Å². The van der Waals surface area contributed by atoms with Gasteiger partial charge >= 0.3 is 0 Å². The Hall–Kier alpha value is -1.70. The van der Waals surface area contributed by atoms with E-state index < -0.39 is 0 Å². The smallest absolute Gasteiger partial charge is 0.0685 e. The second kappa shape index (κ2) is 6.01. The second-order valence-corrected chi connectivity index (χ2v) is 3.21. The molecule has 0 unspecified atom stereocenters. The van der Waals surface area contributed by atoms with Gasteiger partial charge in [-0.25, -0.2) is 0 Å². The summed E-state index contributed by atoms with van der Waals surface area (Å²) in [6, 6.07) is 2.12. The Kier molecular flexibility index (Phi) is 4.65. The first kappa shape index (κ1) is 12.4. The molecule has 1 aromatic rings. The molecule has 1 aromatic heterocycles. The predicted molar refractivity (Wildman–Crippen MR) is 74.4 cm³/mol. The van der Waals surface area contributed by atoms with Crippen molar-refractivity contribution in [1.82, 2.24) is 4.57 Å². The first-order valence-electron chi connectivity index (χ1n) is 5.77. The maximum Gasteiger partial charge on any atom is 0.0685 e. The lowest BCUT2D eigenvalue weighted by molar-refractivity contribution is 1.11. The number of nitrogens with zero attached hydrogens (tertiary/aromatic N) is 1. The van der Waals surface area contributed by atoms with Crippen molar-refractivity contribution < 1.29 is 0 Å². The first-order valence-corrected chi connectivity index (χ1v) is 5.77. The van der Waals surface area contributed by atoms with Crippen LogP contribution in [-0.2, 0) is 0 Å². The van der Waals surface area contributed by atoms with Crippen LogP contribution in [0.4, 0.5) is 5.69 Å². The summed E-state index contributed by atoms with van der Waals surface area (Å²) in [7, 11) is 0. The van der Waals surface area contributed by atoms with Gasteiger partial charge in [-0.1, -0.05) is 32.6 Å². The van der Waals surface area contributed by atoms with Gasteiger partial charge in [0.25, 0.3) is 0 Å². The molecule has 1 aliphatic heterocycles. The molecule has 0 saturated carbocycles. The summed E-state index contributed by atoms with van der Waals surface area (Å²) in [6.07, 6.45) is 10.2. The van der Waals surface area contributed by atoms with Crippen molar-refractivity contribution in [2.75, 3.05) is 11.9 Å². The number of rotatable bonds is 2. The van der Waals surface area contributed by atoms with E-state index in [4.69, 9.17) is 0 Å². The van der Waals surface area contributed by atoms with Crippen molar-refractivity contribution in [1.29, 1.82) is 0 Å². The molecule has 16 heavy (non-hydrogen) atoms. The van der Waals surface area contributed by atoms with Crippen LogP contribution in [0.1, 0.15) is 32.2 Å². The molecule has 2 heterocycles. The van der Waals surface area contributed by atoms with E-state index in [9.17, 15) is 0 Å². The van der Waals surface area contributed by atoms with Crippen molar-refractivity contribution in [3.05, 3.63) is 36.2 Å². The van der Waals surface area contributed by atoms with Crippen molar-refractivity contribution >= 4 is 24.0 Å². The SMILES string of the molecule is C=Cc1cc2c(n1/C=C\C)C=CCN2.CC. The Labute approximate surface area is 98.0 Å². The van der Waals surface area contributed by atoms with Gasteiger partial charge in [-0.2, -0.15) is 0 Å². The highest BCUT2D eigenvalue weighted by Crippen LogP contribution is 2.26. The van der Waals surface area contributed by atoms with Gasteiger partial charge in [0, 0.05) is 18.4 Å². The number of aromatic nitrogens is 1. The largest absolute Gasteiger partial charge is 0.380 e. The lowest BCUT2D eigenvalue weighted by Crippen LogP contribution is -2.04. The maximum atomic E-state index is 3.81. The molecule has 0 saturated heterocycles. The van der Waals surface area contributed by atoms with E-state index in [1.54, 1.807) is 0 Å². The molecule has 0 aliphatic carbocycles. The normalized spacial score (nSPS) is 12.7. The molecular weight excluding hydrogens is 196 g/mol. The van der Waals surface area contributed by atoms with E-state index in [2.05, 4.69) is 34.7 Å². The Morgan fingerprint density at radius 2 is 2.19 bits per heavy atom. The van der Waals surface area contributed by atoms with Gasteiger partial charge in [-0.15, -0.1) is 0 Å². The zero-order valence-corrected chi connectivity index (χ0v) is 10.3. The summed E-state index contributed by atoms with van der Waals surface area (Å²) in [5.41, 5.74) is 3.50. The van der Waals surface area contributed by atoms with E-state index in [-0.39, 0.29) is 0 Å². The highest BCUT2D eigenvalue weighted by atomic mass is 15.0. The summed E-state index contributed by atoms with van der Waals surface area (Å²) < 4.78 is 2.13. The van der Waals surface area contributed by atoms with E-state index in [0.717, 1.165) is 12.2 Å². The van der Waals surface area contributed by atoms with Gasteiger partial charge in [0.05, 0.1) is 11.4 Å². The number of hydrogen-bond acceptors (Lipinski definition) is 1. The van der Waals surface area contributed by atoms with Crippen LogP contribution in [0.2, 0.25) is 0 Å². The predicted octanol–water partition coefficient (Wildman–Crippen LogP) is 4.09. The minimum atomic E-state index is 0.906. The second-order valence-electron chi connectivity index (χ2n) is 3.21. The average molecular weight is 216 g/mol. The average Bonchev–Trinajstić information content (AvgIpc) is 2.71. The van der Waals surface area contributed by atoms with Gasteiger partial charge in [0.15, 0.2) is 0 Å². The van der Waals surface area contributed by atoms with Crippen LogP contribution in [-0.4, -0.2) is 11.1 Å². The summed E-state index contributed by atoms with van der Waals surface area (Å²) in [6.45, 7) is 10.7. The Morgan fingerprint density at radius 1 is 1.44 bits per heavy atom. The third-order valence-corrected chi connectivity index (χ3v) is 2.30. The molecule has 0 atom stereocenters. The van der Waals surface area contributed by atoms with Crippen molar-refractivity contribution in [3.8, 4) is 0 Å². The van der Waals surface area contributed by atoms with E-state index >= 15 is 0 Å². The van der Waals surface area contributed by atoms with Crippen molar-refractivity contribution in [3.63, 3.8) is 0 Å². The number of nitrogens with one attached hydrogen (secondary N) is 1. The minimum absolute atomic E-state index is 0.906. The molecule has 0 bridgehead atoms. The molecule has 0 radical (unpaired) electrons. The summed E-state index contributed by atoms with van der Waals surface area (Å²) >= 11 is 0. The topological polar surface area (TPSA) is 17.0 Å². The lowest BCUT2D eigenvalue weighted by Gasteiger charge is -2.10. The Morgan fingerprint density at radius 3 is 2.81 bits per heavy atom. The summed E-state index contributed by atoms with van der Waals surface area (Å²) in [5, 5.41) is 3.33. The molecule has 86 valence electrons. The van der Waals surface area contributed by atoms with Crippen LogP contribution in [0, 0.1) is 0 Å². The first-order chi connectivity index (χ1) is 7.86. The fraction of sp³-hybridized carbons (Fsp3) is 0.286. The van der Waals surface area contributed by atoms with Crippen LogP contribution in [0.25, 0.3) is 18.4 Å². The quantitative estimate of drug-likeness (QED) is 0.788. The molecule has 0 amide bonds. The van der Waals surface area contributed by atoms with Gasteiger partial charge in [-0.3, -0.25) is 0 Å². The van der Waals surface area contributed by atoms with Crippen molar-refractivity contribution in [2.24, 2.45) is 0 Å². The Bertz CT molecular complexity index is 409. The minimum Gasteiger partial charge on any atom is -0.380 e. The molecule has 0 spiro atoms. The standard InChI is InChI=1S/C12H14N2.C2H6/c1-3-8-14-10(4-2)9-11-12(14)6-5-7-13-11;1-2/h3-6,8-9,13H,2,7H2,1H3;1-2H3/b8-3-;. The van der Waals surface area contributed by atoms with Gasteiger partial charge in [-0.05, 0) is 25.1 Å². The lowest BCUT2D eigenvalue weighted by atomic mass is 10.2. The number of anilines is 1. The third-order valence-electron chi connectivity index (χ3n) is 2.30. The molecule has 2 rings (SSSR count). The van der Waals surface area contributed by atoms with Crippen LogP contribution in [0.15, 0.2) is 24.8 Å². The molecule has 1 aliphatic rings. The molecule has 0 fully saturated rings. The fourth-order valence-corrected chi connectivity index (χ4v) is 1.68. The van der Waals surface area contributed by atoms with Crippen LogP contribution >= 0.6 is 0 Å². The molecular formula is C14H20N2. The number of hydrogen-bond donors (Lipinski definition) is 1. The van der Waals surface area contributed by atoms with E-state index in [1.807, 2.05) is 39.1 Å². The van der Waals surface area contributed by atoms with Gasteiger partial charge in [0.2, 0.25) is 0 Å². The highest BCUT2D eigenvalue weighted by molar-refractivity contribution is 5.74. The fourth-order valence-electron chi connectivity index (χ4n) is 1.68. The molecule has 2 heteroatoms. The summed E-state index contributed by atoms with van der Waals surface area (Å²) in [5.74, 6) is 0. The third kappa shape index (κ3) is 2.27. The van der Waals surface area contributed by atoms with Crippen molar-refractivity contribution in [2.45, 2.75) is 20.8 Å². The maximum absolute atomic E-state index is 3.81. The number of fused-ring (bicyclic) bond motifs is 1. The van der Waals surface area contributed by atoms with Gasteiger partial charge in [0.1, 0.15) is 0 Å². The molecule has 1 N–H and O–H groups in total. The Balaban J connectivity index is 0.000000606. The summed E-state index contributed by atoms with van der Waals surface area (Å²) in [4.78, 5) is 0. The zero-order chi connectivity index (χ0) is 12.0. The van der Waals surface area contributed by atoms with E-state index in [0.29, 0.717) is 0 Å². The van der Waals surface area contributed by atoms with Crippen LogP contribution in [0.3, 0.4) is 0 Å². The highest BCUT2D eigenvalue weighted by Gasteiger charge is 2.10. The monoisotopic (exact) mass is 216 g/mol.